The molecule has 6 nitrogen and oxygen atoms in total. The lowest BCUT2D eigenvalue weighted by Gasteiger charge is -2.29. The summed E-state index contributed by atoms with van der Waals surface area (Å²) in [6.45, 7) is -0.0468. The Kier molecular flexibility index (Phi) is 4.14. The van der Waals surface area contributed by atoms with E-state index in [1.54, 1.807) is 24.3 Å². The second-order valence-electron chi connectivity index (χ2n) is 4.60. The molecule has 0 aromatic heterocycles. The first-order valence-electron chi connectivity index (χ1n) is 6.20. The molecule has 0 spiro atoms. The van der Waals surface area contributed by atoms with Crippen LogP contribution < -0.4 is 0 Å². The fourth-order valence-electron chi connectivity index (χ4n) is 2.21. The van der Waals surface area contributed by atoms with Crippen molar-refractivity contribution in [1.82, 2.24) is 4.90 Å². The van der Waals surface area contributed by atoms with Gasteiger partial charge in [0.1, 0.15) is 0 Å². The van der Waals surface area contributed by atoms with Crippen LogP contribution in [0.25, 0.3) is 0 Å². The maximum absolute atomic E-state index is 12.3. The molecule has 0 bridgehead atoms. The van der Waals surface area contributed by atoms with Gasteiger partial charge in [0.05, 0.1) is 25.5 Å². The second kappa shape index (κ2) is 5.83. The number of hydrogen-bond donors (Lipinski definition) is 1. The third kappa shape index (κ3) is 2.85. The van der Waals surface area contributed by atoms with Gasteiger partial charge in [-0.05, 0) is 11.6 Å². The smallest absolute Gasteiger partial charge is 0.306 e. The molecule has 106 valence electrons. The predicted octanol–water partition coefficient (Wildman–Crippen LogP) is 0.701. The lowest BCUT2D eigenvalue weighted by molar-refractivity contribution is -0.141. The number of nitrogens with zero attached hydrogens (tertiary/aromatic N) is 1. The third-order valence-corrected chi connectivity index (χ3v) is 3.26. The standard InChI is InChI=1S/C14H15NO5/c1-20-10(7-13(17)18)8-15-12(16)6-9-4-2-3-5-11(9)14(15)19/h2-5,10H,6-8H2,1H3,(H,17,18). The molecule has 0 fully saturated rings. The van der Waals surface area contributed by atoms with Crippen LogP contribution in [-0.4, -0.2) is 47.5 Å². The molecule has 1 aromatic rings. The molecular weight excluding hydrogens is 262 g/mol. The summed E-state index contributed by atoms with van der Waals surface area (Å²) in [4.78, 5) is 36.0. The molecule has 2 amide bonds. The molecule has 1 N–H and O–H groups in total. The average molecular weight is 277 g/mol. The molecule has 0 aliphatic carbocycles. The van der Waals surface area contributed by atoms with Gasteiger partial charge in [0.15, 0.2) is 0 Å². The van der Waals surface area contributed by atoms with Gasteiger partial charge in [-0.15, -0.1) is 0 Å². The first-order chi connectivity index (χ1) is 9.52. The van der Waals surface area contributed by atoms with Crippen molar-refractivity contribution in [2.75, 3.05) is 13.7 Å². The quantitative estimate of drug-likeness (QED) is 0.801. The van der Waals surface area contributed by atoms with Gasteiger partial charge < -0.3 is 9.84 Å². The summed E-state index contributed by atoms with van der Waals surface area (Å²) in [6, 6.07) is 6.91. The van der Waals surface area contributed by atoms with Crippen LogP contribution in [-0.2, 0) is 20.7 Å². The van der Waals surface area contributed by atoms with Crippen molar-refractivity contribution >= 4 is 17.8 Å². The van der Waals surface area contributed by atoms with E-state index in [-0.39, 0.29) is 25.3 Å². The Morgan fingerprint density at radius 3 is 2.75 bits per heavy atom. The molecule has 6 heteroatoms. The number of carboxylic acids is 1. The number of benzene rings is 1. The summed E-state index contributed by atoms with van der Waals surface area (Å²) >= 11 is 0. The van der Waals surface area contributed by atoms with Gasteiger partial charge in [0, 0.05) is 12.7 Å². The Labute approximate surface area is 115 Å². The molecule has 1 unspecified atom stereocenters. The van der Waals surface area contributed by atoms with E-state index in [0.29, 0.717) is 11.1 Å². The average Bonchev–Trinajstić information content (AvgIpc) is 2.41. The zero-order valence-corrected chi connectivity index (χ0v) is 11.0. The summed E-state index contributed by atoms with van der Waals surface area (Å²) in [5, 5.41) is 8.77. The van der Waals surface area contributed by atoms with E-state index in [1.165, 1.54) is 7.11 Å². The zero-order chi connectivity index (χ0) is 14.7. The zero-order valence-electron chi connectivity index (χ0n) is 11.0. The lowest BCUT2D eigenvalue weighted by atomic mass is 9.98. The number of carbonyl (C=O) groups excluding carboxylic acids is 2. The third-order valence-electron chi connectivity index (χ3n) is 3.26. The van der Waals surface area contributed by atoms with Crippen LogP contribution in [0.2, 0.25) is 0 Å². The summed E-state index contributed by atoms with van der Waals surface area (Å²) in [7, 11) is 1.36. The molecule has 0 saturated heterocycles. The van der Waals surface area contributed by atoms with Crippen molar-refractivity contribution in [2.24, 2.45) is 0 Å². The lowest BCUT2D eigenvalue weighted by Crippen LogP contribution is -2.46. The number of carboxylic acid groups (broad SMARTS) is 1. The van der Waals surface area contributed by atoms with Gasteiger partial charge >= 0.3 is 5.97 Å². The normalized spacial score (nSPS) is 15.9. The van der Waals surface area contributed by atoms with Crippen LogP contribution in [0, 0.1) is 0 Å². The first-order valence-corrected chi connectivity index (χ1v) is 6.20. The van der Waals surface area contributed by atoms with Gasteiger partial charge in [-0.3, -0.25) is 19.3 Å². The Balaban J connectivity index is 2.19. The van der Waals surface area contributed by atoms with Gasteiger partial charge in [-0.2, -0.15) is 0 Å². The topological polar surface area (TPSA) is 83.9 Å². The van der Waals surface area contributed by atoms with Crippen LogP contribution in [0.3, 0.4) is 0 Å². The van der Waals surface area contributed by atoms with Crippen molar-refractivity contribution in [3.05, 3.63) is 35.4 Å². The Morgan fingerprint density at radius 2 is 2.10 bits per heavy atom. The monoisotopic (exact) mass is 277 g/mol. The minimum atomic E-state index is -1.03. The predicted molar refractivity (Wildman–Crippen MR) is 69.2 cm³/mol. The van der Waals surface area contributed by atoms with Crippen molar-refractivity contribution in [3.63, 3.8) is 0 Å². The number of hydrogen-bond acceptors (Lipinski definition) is 4. The van der Waals surface area contributed by atoms with Crippen LogP contribution >= 0.6 is 0 Å². The number of methoxy groups -OCH3 is 1. The van der Waals surface area contributed by atoms with Gasteiger partial charge in [0.25, 0.3) is 5.91 Å². The van der Waals surface area contributed by atoms with Crippen LogP contribution in [0.15, 0.2) is 24.3 Å². The molecule has 1 heterocycles. The molecular formula is C14H15NO5. The summed E-state index contributed by atoms with van der Waals surface area (Å²) in [6.07, 6.45) is -0.814. The Morgan fingerprint density at radius 1 is 1.40 bits per heavy atom. The van der Waals surface area contributed by atoms with E-state index in [9.17, 15) is 14.4 Å². The van der Waals surface area contributed by atoms with Crippen molar-refractivity contribution in [2.45, 2.75) is 18.9 Å². The highest BCUT2D eigenvalue weighted by molar-refractivity contribution is 6.09. The number of imide groups is 1. The van der Waals surface area contributed by atoms with Crippen molar-refractivity contribution in [3.8, 4) is 0 Å². The number of aliphatic carboxylic acids is 1. The fourth-order valence-corrected chi connectivity index (χ4v) is 2.21. The molecule has 1 aliphatic rings. The molecule has 0 saturated carbocycles. The molecule has 1 aromatic carbocycles. The molecule has 1 aliphatic heterocycles. The van der Waals surface area contributed by atoms with E-state index >= 15 is 0 Å². The number of ether oxygens (including phenoxy) is 1. The Bertz CT molecular complexity index is 554. The highest BCUT2D eigenvalue weighted by atomic mass is 16.5. The fraction of sp³-hybridized carbons (Fsp3) is 0.357. The summed E-state index contributed by atoms with van der Waals surface area (Å²) < 4.78 is 5.02. The number of fused-ring (bicyclic) bond motifs is 1. The van der Waals surface area contributed by atoms with Crippen molar-refractivity contribution in [1.29, 1.82) is 0 Å². The van der Waals surface area contributed by atoms with Gasteiger partial charge in [-0.25, -0.2) is 0 Å². The van der Waals surface area contributed by atoms with E-state index in [1.807, 2.05) is 0 Å². The maximum Gasteiger partial charge on any atom is 0.306 e. The highest BCUT2D eigenvalue weighted by Crippen LogP contribution is 2.20. The molecule has 1 atom stereocenters. The van der Waals surface area contributed by atoms with E-state index in [2.05, 4.69) is 0 Å². The van der Waals surface area contributed by atoms with Crippen molar-refractivity contribution < 1.29 is 24.2 Å². The maximum atomic E-state index is 12.3. The van der Waals surface area contributed by atoms with Gasteiger partial charge in [0.2, 0.25) is 5.91 Å². The second-order valence-corrected chi connectivity index (χ2v) is 4.60. The van der Waals surface area contributed by atoms with Crippen LogP contribution in [0.5, 0.6) is 0 Å². The molecule has 2 rings (SSSR count). The Hall–Kier alpha value is -2.21. The molecule has 20 heavy (non-hydrogen) atoms. The van der Waals surface area contributed by atoms with E-state index in [0.717, 1.165) is 4.90 Å². The van der Waals surface area contributed by atoms with Crippen LogP contribution in [0.1, 0.15) is 22.3 Å². The first kappa shape index (κ1) is 14.2. The minimum absolute atomic E-state index is 0.0468. The SMILES string of the molecule is COC(CC(=O)O)CN1C(=O)Cc2ccccc2C1=O. The molecule has 0 radical (unpaired) electrons. The number of amides is 2. The largest absolute Gasteiger partial charge is 0.481 e. The number of carbonyl (C=O) groups is 3. The minimum Gasteiger partial charge on any atom is -0.481 e. The van der Waals surface area contributed by atoms with E-state index < -0.39 is 18.0 Å². The summed E-state index contributed by atoms with van der Waals surface area (Å²) in [5.41, 5.74) is 1.18. The summed E-state index contributed by atoms with van der Waals surface area (Å²) in [5.74, 6) is -1.76. The van der Waals surface area contributed by atoms with Crippen LogP contribution in [0.4, 0.5) is 0 Å². The highest BCUT2D eigenvalue weighted by Gasteiger charge is 2.32. The number of rotatable bonds is 5. The van der Waals surface area contributed by atoms with Gasteiger partial charge in [-0.1, -0.05) is 18.2 Å². The van der Waals surface area contributed by atoms with E-state index in [4.69, 9.17) is 9.84 Å².